The summed E-state index contributed by atoms with van der Waals surface area (Å²) in [6, 6.07) is 19.1. The zero-order valence-corrected chi connectivity index (χ0v) is 18.4. The second kappa shape index (κ2) is 11.1. The minimum Gasteiger partial charge on any atom is -0.380 e. The Balaban J connectivity index is 0.00000261. The van der Waals surface area contributed by atoms with Gasteiger partial charge in [0, 0.05) is 33.8 Å². The zero-order valence-electron chi connectivity index (χ0n) is 16.0. The highest BCUT2D eigenvalue weighted by Gasteiger charge is 2.16. The number of methoxy groups -OCH3 is 1. The first-order valence-corrected chi connectivity index (χ1v) is 9.07. The van der Waals surface area contributed by atoms with E-state index >= 15 is 0 Å². The summed E-state index contributed by atoms with van der Waals surface area (Å²) in [6.45, 7) is 3.26. The Morgan fingerprint density at radius 1 is 1.11 bits per heavy atom. The molecule has 1 aliphatic heterocycles. The number of benzene rings is 2. The van der Waals surface area contributed by atoms with Crippen molar-refractivity contribution in [3.05, 3.63) is 77.4 Å². The molecule has 27 heavy (non-hydrogen) atoms. The van der Waals surface area contributed by atoms with Crippen LogP contribution in [0.4, 0.5) is 0 Å². The highest BCUT2D eigenvalue weighted by Crippen LogP contribution is 2.22. The van der Waals surface area contributed by atoms with Gasteiger partial charge < -0.3 is 15.0 Å². The minimum atomic E-state index is 0. The Kier molecular flexibility index (Phi) is 8.81. The van der Waals surface area contributed by atoms with E-state index in [0.717, 1.165) is 32.0 Å². The van der Waals surface area contributed by atoms with Crippen molar-refractivity contribution in [2.24, 2.45) is 4.99 Å². The van der Waals surface area contributed by atoms with E-state index in [2.05, 4.69) is 75.9 Å². The Morgan fingerprint density at radius 2 is 1.89 bits per heavy atom. The number of guanidine groups is 1. The van der Waals surface area contributed by atoms with Gasteiger partial charge in [0.05, 0.1) is 6.61 Å². The van der Waals surface area contributed by atoms with Gasteiger partial charge in [-0.15, -0.1) is 24.0 Å². The van der Waals surface area contributed by atoms with Gasteiger partial charge in [-0.2, -0.15) is 0 Å². The van der Waals surface area contributed by atoms with Gasteiger partial charge in [0.15, 0.2) is 5.96 Å². The van der Waals surface area contributed by atoms with E-state index < -0.39 is 0 Å². The number of ether oxygens (including phenoxy) is 1. The lowest BCUT2D eigenvalue weighted by Crippen LogP contribution is -2.43. The lowest BCUT2D eigenvalue weighted by Gasteiger charge is -2.30. The van der Waals surface area contributed by atoms with Gasteiger partial charge in [0.25, 0.3) is 0 Å². The van der Waals surface area contributed by atoms with Crippen molar-refractivity contribution in [1.29, 1.82) is 0 Å². The van der Waals surface area contributed by atoms with Crippen LogP contribution < -0.4 is 5.32 Å². The van der Waals surface area contributed by atoms with Crippen molar-refractivity contribution >= 4 is 35.5 Å². The normalized spacial score (nSPS) is 14.4. The van der Waals surface area contributed by atoms with Crippen LogP contribution >= 0.6 is 24.0 Å². The van der Waals surface area contributed by atoms with E-state index in [4.69, 9.17) is 4.74 Å². The second-order valence-corrected chi connectivity index (χ2v) is 6.45. The maximum atomic E-state index is 5.21. The lowest BCUT2D eigenvalue weighted by atomic mass is 10.00. The van der Waals surface area contributed by atoms with Crippen molar-refractivity contribution < 1.29 is 4.74 Å². The summed E-state index contributed by atoms with van der Waals surface area (Å²) in [5.41, 5.74) is 5.17. The van der Waals surface area contributed by atoms with Crippen LogP contribution in [0.1, 0.15) is 23.1 Å². The number of nitrogens with one attached hydrogen (secondary N) is 1. The standard InChI is InChI=1S/C22H27N3O.HI/c1-23-22(24-16-18-7-6-8-19(15-18)17-26-2)25-13-11-21(12-14-25)20-9-4-3-5-10-20;/h3-11,15H,12-14,16-17H2,1-2H3,(H,23,24);1H. The van der Waals surface area contributed by atoms with Crippen LogP contribution in [-0.4, -0.2) is 38.1 Å². The predicted molar refractivity (Wildman–Crippen MR) is 123 cm³/mol. The van der Waals surface area contributed by atoms with Gasteiger partial charge in [-0.25, -0.2) is 0 Å². The van der Waals surface area contributed by atoms with Gasteiger partial charge in [0.1, 0.15) is 0 Å². The molecular weight excluding hydrogens is 449 g/mol. The van der Waals surface area contributed by atoms with Crippen LogP contribution in [-0.2, 0) is 17.9 Å². The van der Waals surface area contributed by atoms with Crippen LogP contribution in [0.2, 0.25) is 0 Å². The number of rotatable bonds is 5. The SMILES string of the molecule is CN=C(NCc1cccc(COC)c1)N1CC=C(c2ccccc2)CC1.I. The van der Waals surface area contributed by atoms with E-state index in [-0.39, 0.29) is 24.0 Å². The summed E-state index contributed by atoms with van der Waals surface area (Å²) in [6.07, 6.45) is 3.35. The highest BCUT2D eigenvalue weighted by atomic mass is 127. The molecule has 0 bridgehead atoms. The molecule has 3 rings (SSSR count). The fourth-order valence-corrected chi connectivity index (χ4v) is 3.29. The van der Waals surface area contributed by atoms with Crippen LogP contribution in [0.15, 0.2) is 65.7 Å². The van der Waals surface area contributed by atoms with Gasteiger partial charge in [0.2, 0.25) is 0 Å². The van der Waals surface area contributed by atoms with Crippen molar-refractivity contribution in [2.75, 3.05) is 27.2 Å². The summed E-state index contributed by atoms with van der Waals surface area (Å²) in [4.78, 5) is 6.76. The molecule has 0 amide bonds. The Bertz CT molecular complexity index is 774. The second-order valence-electron chi connectivity index (χ2n) is 6.45. The third-order valence-electron chi connectivity index (χ3n) is 4.62. The Hall–Kier alpha value is -1.86. The van der Waals surface area contributed by atoms with Crippen LogP contribution in [0.25, 0.3) is 5.57 Å². The fraction of sp³-hybridized carbons (Fsp3) is 0.318. The average Bonchev–Trinajstić information content (AvgIpc) is 2.70. The highest BCUT2D eigenvalue weighted by molar-refractivity contribution is 14.0. The van der Waals surface area contributed by atoms with Crippen molar-refractivity contribution in [3.63, 3.8) is 0 Å². The molecule has 1 heterocycles. The molecule has 1 N–H and O–H groups in total. The first kappa shape index (κ1) is 21.4. The van der Waals surface area contributed by atoms with Crippen molar-refractivity contribution in [2.45, 2.75) is 19.6 Å². The number of hydrogen-bond acceptors (Lipinski definition) is 2. The average molecular weight is 477 g/mol. The number of halogens is 1. The van der Waals surface area contributed by atoms with Gasteiger partial charge in [-0.1, -0.05) is 60.7 Å². The first-order chi connectivity index (χ1) is 12.8. The molecule has 2 aromatic rings. The summed E-state index contributed by atoms with van der Waals surface area (Å²) in [7, 11) is 3.57. The van der Waals surface area contributed by atoms with E-state index in [1.165, 1.54) is 22.3 Å². The maximum Gasteiger partial charge on any atom is 0.194 e. The minimum absolute atomic E-state index is 0. The monoisotopic (exact) mass is 477 g/mol. The van der Waals surface area contributed by atoms with Gasteiger partial charge in [-0.3, -0.25) is 4.99 Å². The fourth-order valence-electron chi connectivity index (χ4n) is 3.29. The third-order valence-corrected chi connectivity index (χ3v) is 4.62. The first-order valence-electron chi connectivity index (χ1n) is 9.07. The molecule has 0 saturated carbocycles. The number of nitrogens with zero attached hydrogens (tertiary/aromatic N) is 2. The van der Waals surface area contributed by atoms with Crippen LogP contribution in [0.5, 0.6) is 0 Å². The molecule has 2 aromatic carbocycles. The predicted octanol–water partition coefficient (Wildman–Crippen LogP) is 4.32. The summed E-state index contributed by atoms with van der Waals surface area (Å²) in [5.74, 6) is 0.950. The molecule has 0 fully saturated rings. The van der Waals surface area contributed by atoms with E-state index in [0.29, 0.717) is 6.61 Å². The van der Waals surface area contributed by atoms with Crippen molar-refractivity contribution in [3.8, 4) is 0 Å². The topological polar surface area (TPSA) is 36.9 Å². The zero-order chi connectivity index (χ0) is 18.2. The molecule has 0 saturated heterocycles. The molecule has 0 unspecified atom stereocenters. The molecule has 4 nitrogen and oxygen atoms in total. The number of hydrogen-bond donors (Lipinski definition) is 1. The smallest absolute Gasteiger partial charge is 0.194 e. The summed E-state index contributed by atoms with van der Waals surface area (Å²) < 4.78 is 5.21. The molecule has 5 heteroatoms. The van der Waals surface area contributed by atoms with Crippen LogP contribution in [0, 0.1) is 0 Å². The Labute approximate surface area is 179 Å². The lowest BCUT2D eigenvalue weighted by molar-refractivity contribution is 0.185. The third kappa shape index (κ3) is 6.07. The molecule has 0 aromatic heterocycles. The van der Waals surface area contributed by atoms with E-state index in [1.54, 1.807) is 7.11 Å². The maximum absolute atomic E-state index is 5.21. The Morgan fingerprint density at radius 3 is 2.56 bits per heavy atom. The van der Waals surface area contributed by atoms with Crippen molar-refractivity contribution in [1.82, 2.24) is 10.2 Å². The molecule has 144 valence electrons. The largest absolute Gasteiger partial charge is 0.380 e. The molecular formula is C22H28IN3O. The molecule has 0 aliphatic carbocycles. The number of aliphatic imine (C=N–C) groups is 1. The van der Waals surface area contributed by atoms with E-state index in [1.807, 2.05) is 7.05 Å². The molecule has 0 spiro atoms. The van der Waals surface area contributed by atoms with Gasteiger partial charge in [-0.05, 0) is 28.7 Å². The molecule has 0 atom stereocenters. The quantitative estimate of drug-likeness (QED) is 0.396. The van der Waals surface area contributed by atoms with Crippen LogP contribution in [0.3, 0.4) is 0 Å². The molecule has 1 aliphatic rings. The summed E-state index contributed by atoms with van der Waals surface area (Å²) in [5, 5.41) is 3.49. The van der Waals surface area contributed by atoms with E-state index in [9.17, 15) is 0 Å². The van der Waals surface area contributed by atoms with Gasteiger partial charge >= 0.3 is 0 Å². The molecule has 0 radical (unpaired) electrons. The summed E-state index contributed by atoms with van der Waals surface area (Å²) >= 11 is 0.